The van der Waals surface area contributed by atoms with E-state index in [0.29, 0.717) is 28.8 Å². The van der Waals surface area contributed by atoms with Gasteiger partial charge in [-0.1, -0.05) is 0 Å². The maximum atomic E-state index is 13.2. The third kappa shape index (κ3) is 4.18. The highest BCUT2D eigenvalue weighted by Gasteiger charge is 2.20. The van der Waals surface area contributed by atoms with Gasteiger partial charge in [-0.15, -0.1) is 0 Å². The molecule has 3 aromatic rings. The summed E-state index contributed by atoms with van der Waals surface area (Å²) in [6, 6.07) is 6.42. The third-order valence-corrected chi connectivity index (χ3v) is 4.89. The molecule has 0 aliphatic heterocycles. The van der Waals surface area contributed by atoms with Crippen LogP contribution in [0.25, 0.3) is 11.0 Å². The van der Waals surface area contributed by atoms with E-state index < -0.39 is 5.63 Å². The van der Waals surface area contributed by atoms with Crippen molar-refractivity contribution in [3.05, 3.63) is 57.2 Å². The fraction of sp³-hybridized carbons (Fsp3) is 0.409. The molecule has 0 spiro atoms. The maximum Gasteiger partial charge on any atom is 0.337 e. The first-order chi connectivity index (χ1) is 13.7. The van der Waals surface area contributed by atoms with E-state index in [1.54, 1.807) is 30.1 Å². The zero-order chi connectivity index (χ0) is 21.3. The fourth-order valence-corrected chi connectivity index (χ4v) is 3.45. The lowest BCUT2D eigenvalue weighted by molar-refractivity contribution is 0.0786. The Kier molecular flexibility index (Phi) is 5.77. The van der Waals surface area contributed by atoms with E-state index in [1.807, 2.05) is 39.3 Å². The van der Waals surface area contributed by atoms with Crippen LogP contribution in [0.2, 0.25) is 0 Å². The van der Waals surface area contributed by atoms with Crippen LogP contribution in [0, 0.1) is 13.8 Å². The largest absolute Gasteiger partial charge is 0.491 e. The number of amides is 1. The molecule has 1 amide bonds. The van der Waals surface area contributed by atoms with E-state index in [2.05, 4.69) is 5.10 Å². The number of aromatic nitrogens is 2. The van der Waals surface area contributed by atoms with Crippen LogP contribution < -0.4 is 10.4 Å². The number of ether oxygens (including phenoxy) is 1. The predicted molar refractivity (Wildman–Crippen MR) is 111 cm³/mol. The summed E-state index contributed by atoms with van der Waals surface area (Å²) in [7, 11) is 1.72. The highest BCUT2D eigenvalue weighted by Crippen LogP contribution is 2.25. The molecule has 0 unspecified atom stereocenters. The van der Waals surface area contributed by atoms with Crippen LogP contribution in [0.1, 0.15) is 48.1 Å². The van der Waals surface area contributed by atoms with E-state index in [0.717, 1.165) is 23.5 Å². The van der Waals surface area contributed by atoms with E-state index in [4.69, 9.17) is 9.15 Å². The van der Waals surface area contributed by atoms with Crippen LogP contribution in [-0.2, 0) is 13.1 Å². The second-order valence-corrected chi connectivity index (χ2v) is 7.43. The van der Waals surface area contributed by atoms with Gasteiger partial charge in [-0.2, -0.15) is 5.10 Å². The summed E-state index contributed by atoms with van der Waals surface area (Å²) >= 11 is 0. The Morgan fingerprint density at radius 1 is 1.28 bits per heavy atom. The summed E-state index contributed by atoms with van der Waals surface area (Å²) in [5, 5.41) is 5.09. The molecule has 0 N–H and O–H groups in total. The molecule has 0 fully saturated rings. The Labute approximate surface area is 169 Å². The van der Waals surface area contributed by atoms with Crippen LogP contribution in [0.15, 0.2) is 33.5 Å². The van der Waals surface area contributed by atoms with Crippen molar-refractivity contribution in [1.29, 1.82) is 0 Å². The number of hydrogen-bond donors (Lipinski definition) is 0. The van der Waals surface area contributed by atoms with Crippen LogP contribution in [0.5, 0.6) is 5.75 Å². The smallest absolute Gasteiger partial charge is 0.337 e. The number of rotatable bonds is 6. The van der Waals surface area contributed by atoms with Gasteiger partial charge >= 0.3 is 5.63 Å². The number of carbonyl (C=O) groups is 1. The SMILES string of the molecule is CCn1nc(C)c(CN(C)C(=O)c2cc(=O)oc3cc(OC(C)C)ccc23)c1C. The minimum atomic E-state index is -0.567. The van der Waals surface area contributed by atoms with Gasteiger partial charge in [0.2, 0.25) is 0 Å². The summed E-state index contributed by atoms with van der Waals surface area (Å²) in [4.78, 5) is 26.8. The molecule has 0 radical (unpaired) electrons. The molecular weight excluding hydrogens is 370 g/mol. The molecule has 2 aromatic heterocycles. The highest BCUT2D eigenvalue weighted by atomic mass is 16.5. The lowest BCUT2D eigenvalue weighted by atomic mass is 10.1. The summed E-state index contributed by atoms with van der Waals surface area (Å²) in [5.41, 5.74) is 3.03. The van der Waals surface area contributed by atoms with Gasteiger partial charge in [-0.3, -0.25) is 9.48 Å². The van der Waals surface area contributed by atoms with E-state index in [1.165, 1.54) is 6.07 Å². The minimum Gasteiger partial charge on any atom is -0.491 e. The van der Waals surface area contributed by atoms with Crippen LogP contribution in [-0.4, -0.2) is 33.7 Å². The van der Waals surface area contributed by atoms with Crippen molar-refractivity contribution in [3.63, 3.8) is 0 Å². The van der Waals surface area contributed by atoms with Crippen molar-refractivity contribution in [2.45, 2.75) is 53.8 Å². The molecule has 0 saturated carbocycles. The maximum absolute atomic E-state index is 13.2. The molecule has 1 aromatic carbocycles. The zero-order valence-corrected chi connectivity index (χ0v) is 17.8. The van der Waals surface area contributed by atoms with Gasteiger partial charge in [0.05, 0.1) is 17.4 Å². The van der Waals surface area contributed by atoms with E-state index in [9.17, 15) is 9.59 Å². The third-order valence-electron chi connectivity index (χ3n) is 4.89. The second-order valence-electron chi connectivity index (χ2n) is 7.43. The molecule has 2 heterocycles. The molecule has 0 bridgehead atoms. The normalized spacial score (nSPS) is 11.3. The highest BCUT2D eigenvalue weighted by molar-refractivity contribution is 6.05. The first kappa shape index (κ1) is 20.6. The minimum absolute atomic E-state index is 0.00867. The number of carbonyl (C=O) groups excluding carboxylic acids is 1. The number of hydrogen-bond acceptors (Lipinski definition) is 5. The van der Waals surface area contributed by atoms with Crippen molar-refractivity contribution in [1.82, 2.24) is 14.7 Å². The standard InChI is InChI=1S/C22H27N3O4/c1-7-25-15(5)19(14(4)23-25)12-24(6)22(27)18-11-21(26)29-20-10-16(28-13(2)3)8-9-17(18)20/h8-11,13H,7,12H2,1-6H3. The molecule has 7 heteroatoms. The Hall–Kier alpha value is -3.09. The van der Waals surface area contributed by atoms with Gasteiger partial charge in [0.25, 0.3) is 5.91 Å². The van der Waals surface area contributed by atoms with Crippen LogP contribution in [0.4, 0.5) is 0 Å². The van der Waals surface area contributed by atoms with Gasteiger partial charge in [0.15, 0.2) is 0 Å². The molecule has 0 atom stereocenters. The van der Waals surface area contributed by atoms with E-state index >= 15 is 0 Å². The topological polar surface area (TPSA) is 77.6 Å². The monoisotopic (exact) mass is 397 g/mol. The zero-order valence-electron chi connectivity index (χ0n) is 17.8. The Balaban J connectivity index is 1.96. The average Bonchev–Trinajstić information content (AvgIpc) is 2.93. The van der Waals surface area contributed by atoms with E-state index in [-0.39, 0.29) is 12.0 Å². The van der Waals surface area contributed by atoms with Gasteiger partial charge in [-0.25, -0.2) is 4.79 Å². The van der Waals surface area contributed by atoms with Gasteiger partial charge in [0, 0.05) is 48.9 Å². The summed E-state index contributed by atoms with van der Waals surface area (Å²) in [5.74, 6) is 0.343. The number of benzene rings is 1. The summed E-state index contributed by atoms with van der Waals surface area (Å²) < 4.78 is 12.9. The number of nitrogens with zero attached hydrogens (tertiary/aromatic N) is 3. The molecule has 29 heavy (non-hydrogen) atoms. The van der Waals surface area contributed by atoms with Crippen molar-refractivity contribution in [2.75, 3.05) is 7.05 Å². The molecule has 154 valence electrons. The first-order valence-electron chi connectivity index (χ1n) is 9.74. The molecule has 7 nitrogen and oxygen atoms in total. The molecule has 0 saturated heterocycles. The number of fused-ring (bicyclic) bond motifs is 1. The quantitative estimate of drug-likeness (QED) is 0.593. The first-order valence-corrected chi connectivity index (χ1v) is 9.74. The van der Waals surface area contributed by atoms with Crippen LogP contribution in [0.3, 0.4) is 0 Å². The molecular formula is C22H27N3O4. The average molecular weight is 397 g/mol. The van der Waals surface area contributed by atoms with Gasteiger partial charge in [0.1, 0.15) is 11.3 Å². The second kappa shape index (κ2) is 8.11. The molecule has 0 aliphatic carbocycles. The number of aryl methyl sites for hydroxylation is 2. The summed E-state index contributed by atoms with van der Waals surface area (Å²) in [6.45, 7) is 11.0. The fourth-order valence-electron chi connectivity index (χ4n) is 3.45. The Bertz CT molecular complexity index is 1110. The summed E-state index contributed by atoms with van der Waals surface area (Å²) in [6.07, 6.45) is -0.00867. The van der Waals surface area contributed by atoms with Gasteiger partial charge < -0.3 is 14.1 Å². The Morgan fingerprint density at radius 2 is 2.00 bits per heavy atom. The van der Waals surface area contributed by atoms with Crippen molar-refractivity contribution >= 4 is 16.9 Å². The van der Waals surface area contributed by atoms with Crippen molar-refractivity contribution in [3.8, 4) is 5.75 Å². The van der Waals surface area contributed by atoms with Crippen molar-refractivity contribution in [2.24, 2.45) is 0 Å². The lowest BCUT2D eigenvalue weighted by Gasteiger charge is -2.18. The lowest BCUT2D eigenvalue weighted by Crippen LogP contribution is -2.27. The molecule has 3 rings (SSSR count). The predicted octanol–water partition coefficient (Wildman–Crippen LogP) is 3.69. The van der Waals surface area contributed by atoms with Gasteiger partial charge in [-0.05, 0) is 46.8 Å². The van der Waals surface area contributed by atoms with Crippen molar-refractivity contribution < 1.29 is 13.9 Å². The molecule has 0 aliphatic rings. The van der Waals surface area contributed by atoms with Crippen LogP contribution >= 0.6 is 0 Å². The Morgan fingerprint density at radius 3 is 2.62 bits per heavy atom.